The van der Waals surface area contributed by atoms with Gasteiger partial charge in [-0.3, -0.25) is 19.2 Å². The van der Waals surface area contributed by atoms with Crippen LogP contribution in [-0.4, -0.2) is 123 Å². The summed E-state index contributed by atoms with van der Waals surface area (Å²) < 4.78 is 46.3. The molecule has 2 aliphatic rings. The van der Waals surface area contributed by atoms with Crippen molar-refractivity contribution in [3.63, 3.8) is 0 Å². The molecule has 0 bridgehead atoms. The van der Waals surface area contributed by atoms with Gasteiger partial charge in [-0.05, 0) is 65.6 Å². The van der Waals surface area contributed by atoms with Crippen LogP contribution in [0.3, 0.4) is 0 Å². The molecule has 5 atom stereocenters. The summed E-state index contributed by atoms with van der Waals surface area (Å²) in [6.07, 6.45) is 2.51. The first-order valence-electron chi connectivity index (χ1n) is 21.0. The second kappa shape index (κ2) is 19.9. The number of ether oxygens (including phenoxy) is 3. The molecule has 5 amide bonds. The van der Waals surface area contributed by atoms with Gasteiger partial charge in [0.1, 0.15) is 40.8 Å². The van der Waals surface area contributed by atoms with Crippen molar-refractivity contribution in [1.29, 1.82) is 0 Å². The van der Waals surface area contributed by atoms with Crippen LogP contribution in [-0.2, 0) is 33.9 Å². The fourth-order valence-corrected chi connectivity index (χ4v) is 8.46. The Morgan fingerprint density at radius 3 is 2.32 bits per heavy atom. The predicted molar refractivity (Wildman–Crippen MR) is 243 cm³/mol. The maximum Gasteiger partial charge on any atom is 0.408 e. The van der Waals surface area contributed by atoms with Crippen LogP contribution in [0.2, 0.25) is 0 Å². The number of fused-ring (bicyclic) bond motifs is 1. The number of amides is 5. The number of nitrogens with zero attached hydrogens (tertiary/aromatic N) is 3. The first-order chi connectivity index (χ1) is 30.8. The van der Waals surface area contributed by atoms with Crippen molar-refractivity contribution >= 4 is 50.6 Å². The van der Waals surface area contributed by atoms with E-state index in [-0.39, 0.29) is 30.8 Å². The highest BCUT2D eigenvalue weighted by atomic mass is 32.2. The Kier molecular flexibility index (Phi) is 14.6. The Morgan fingerprint density at radius 2 is 1.69 bits per heavy atom. The van der Waals surface area contributed by atoms with Crippen molar-refractivity contribution in [2.45, 2.75) is 67.8 Å². The van der Waals surface area contributed by atoms with Gasteiger partial charge in [0.2, 0.25) is 17.7 Å². The Bertz CT molecular complexity index is 2570. The summed E-state index contributed by atoms with van der Waals surface area (Å²) in [5.74, 6) is -2.77. The van der Waals surface area contributed by atoms with Crippen molar-refractivity contribution in [1.82, 2.24) is 35.5 Å². The molecule has 1 saturated heterocycles. The van der Waals surface area contributed by atoms with E-state index in [1.807, 2.05) is 49.3 Å². The van der Waals surface area contributed by atoms with E-state index >= 15 is 0 Å². The molecule has 2 fully saturated rings. The van der Waals surface area contributed by atoms with Crippen LogP contribution < -0.4 is 30.1 Å². The molecular weight excluding hydrogens is 855 g/mol. The molecule has 0 spiro atoms. The van der Waals surface area contributed by atoms with Gasteiger partial charge in [-0.1, -0.05) is 60.7 Å². The lowest BCUT2D eigenvalue weighted by Gasteiger charge is -2.30. The van der Waals surface area contributed by atoms with Gasteiger partial charge >= 0.3 is 6.09 Å². The number of carbonyl (C=O) groups is 5. The monoisotopic (exact) mass is 909 g/mol. The number of hydrogen-bond donors (Lipinski definition) is 4. The second-order valence-electron chi connectivity index (χ2n) is 17.1. The van der Waals surface area contributed by atoms with E-state index in [2.05, 4.69) is 27.3 Å². The zero-order chi connectivity index (χ0) is 47.1. The normalized spacial score (nSPS) is 19.9. The molecule has 65 heavy (non-hydrogen) atoms. The zero-order valence-electron chi connectivity index (χ0n) is 37.2. The van der Waals surface area contributed by atoms with Crippen LogP contribution in [0, 0.1) is 5.92 Å². The van der Waals surface area contributed by atoms with Crippen LogP contribution in [0.1, 0.15) is 33.6 Å². The maximum atomic E-state index is 14.8. The average molecular weight is 910 g/mol. The Morgan fingerprint density at radius 1 is 1.00 bits per heavy atom. The highest BCUT2D eigenvalue weighted by Gasteiger charge is 2.61. The summed E-state index contributed by atoms with van der Waals surface area (Å²) in [4.78, 5) is 77.3. The number of hydrogen-bond acceptors (Lipinski definition) is 12. The molecule has 1 aromatic heterocycles. The highest BCUT2D eigenvalue weighted by Crippen LogP contribution is 2.45. The molecular formula is C47H55N7O10S. The molecule has 0 unspecified atom stereocenters. The fraction of sp³-hybridized carbons (Fsp3) is 0.362. The van der Waals surface area contributed by atoms with Gasteiger partial charge in [0.25, 0.3) is 15.9 Å². The Hall–Kier alpha value is -6.79. The van der Waals surface area contributed by atoms with Crippen LogP contribution in [0.25, 0.3) is 22.2 Å². The molecule has 4 N–H and O–H groups in total. The first-order valence-corrected chi connectivity index (χ1v) is 22.5. The van der Waals surface area contributed by atoms with Gasteiger partial charge in [-0.15, -0.1) is 6.58 Å². The van der Waals surface area contributed by atoms with Gasteiger partial charge < -0.3 is 40.0 Å². The molecule has 2 heterocycles. The summed E-state index contributed by atoms with van der Waals surface area (Å²) in [5, 5.41) is 8.60. The van der Waals surface area contributed by atoms with Crippen LogP contribution in [0.4, 0.5) is 4.79 Å². The minimum Gasteiger partial charge on any atom is -0.497 e. The molecule has 1 aliphatic heterocycles. The number of rotatable bonds is 17. The molecule has 6 rings (SSSR count). The van der Waals surface area contributed by atoms with E-state index in [9.17, 15) is 32.4 Å². The molecule has 1 aliphatic carbocycles. The molecule has 0 radical (unpaired) electrons. The number of methoxy groups -OCH3 is 1. The third-order valence-corrected chi connectivity index (χ3v) is 12.1. The zero-order valence-corrected chi connectivity index (χ0v) is 38.0. The summed E-state index contributed by atoms with van der Waals surface area (Å²) in [6, 6.07) is 21.0. The largest absolute Gasteiger partial charge is 0.497 e. The molecule has 3 aromatic carbocycles. The number of likely N-dealkylation sites (tertiary alicyclic amines) is 1. The number of alkyl carbamates (subject to hydrolysis) is 1. The van der Waals surface area contributed by atoms with Gasteiger partial charge in [0, 0.05) is 54.6 Å². The minimum atomic E-state index is -4.34. The van der Waals surface area contributed by atoms with E-state index in [1.165, 1.54) is 41.3 Å². The van der Waals surface area contributed by atoms with Gasteiger partial charge in [0.15, 0.2) is 0 Å². The molecule has 4 aromatic rings. The van der Waals surface area contributed by atoms with Crippen LogP contribution >= 0.6 is 0 Å². The van der Waals surface area contributed by atoms with Crippen LogP contribution in [0.5, 0.6) is 11.5 Å². The number of likely N-dealkylation sites (N-methyl/N-ethyl adjacent to an activating group) is 1. The second-order valence-corrected chi connectivity index (χ2v) is 18.8. The standard InChI is InChI=1S/C47H55N7O10S/c1-8-31-27-47(31,44(58)52-65(60,61)34-18-13-10-14-19-34)51-42(56)39-25-33(63-40-26-36(30-16-11-9-12-17-30)49-37-24-32(62-7)21-22-35(37)40)29-54(39)43(57)38(50-45(59)64-46(2,3)4)28-48-41(55)20-15-23-53(5)6/h8-22,24,26,31,33,38-39H,1,23,25,27-29H2,2-7H3,(H,48,55)(H,50,59)(H,51,56)(H,52,58)/t31-,33-,38+,39+,47-/m1/s1. The smallest absolute Gasteiger partial charge is 0.408 e. The third kappa shape index (κ3) is 11.9. The topological polar surface area (TPSA) is 215 Å². The van der Waals surface area contributed by atoms with E-state index in [0.29, 0.717) is 34.6 Å². The minimum absolute atomic E-state index is 0.0317. The lowest BCUT2D eigenvalue weighted by atomic mass is 10.1. The molecule has 1 saturated carbocycles. The Labute approximate surface area is 378 Å². The number of benzene rings is 3. The highest BCUT2D eigenvalue weighted by molar-refractivity contribution is 7.90. The maximum absolute atomic E-state index is 14.8. The fourth-order valence-electron chi connectivity index (χ4n) is 7.40. The van der Waals surface area contributed by atoms with E-state index in [4.69, 9.17) is 19.2 Å². The van der Waals surface area contributed by atoms with E-state index < -0.39 is 75.0 Å². The van der Waals surface area contributed by atoms with Crippen molar-refractivity contribution in [3.05, 3.63) is 110 Å². The lowest BCUT2D eigenvalue weighted by molar-refractivity contribution is -0.141. The SMILES string of the molecule is C=C[C@@H]1C[C@]1(NC(=O)[C@@H]1C[C@@H](Oc2cc(-c3ccccc3)nc3cc(OC)ccc23)CN1C(=O)[C@H](CNC(=O)C=CCN(C)C)NC(=O)OC(C)(C)C)C(=O)NS(=O)(=O)c1ccccc1. The summed E-state index contributed by atoms with van der Waals surface area (Å²) in [7, 11) is 0.870. The van der Waals surface area contributed by atoms with Crippen molar-refractivity contribution in [2.75, 3.05) is 40.8 Å². The van der Waals surface area contributed by atoms with Crippen molar-refractivity contribution in [2.24, 2.45) is 5.92 Å². The molecule has 18 heteroatoms. The number of pyridine rings is 1. The number of sulfonamides is 1. The predicted octanol–water partition coefficient (Wildman–Crippen LogP) is 3.95. The van der Waals surface area contributed by atoms with E-state index in [1.54, 1.807) is 64.3 Å². The van der Waals surface area contributed by atoms with Crippen molar-refractivity contribution in [3.8, 4) is 22.8 Å². The summed E-state index contributed by atoms with van der Waals surface area (Å²) >= 11 is 0. The average Bonchev–Trinajstić information content (AvgIpc) is 3.83. The first kappa shape index (κ1) is 47.7. The number of nitrogens with one attached hydrogen (secondary N) is 4. The van der Waals surface area contributed by atoms with Gasteiger partial charge in [-0.2, -0.15) is 0 Å². The Balaban J connectivity index is 1.35. The van der Waals surface area contributed by atoms with Crippen LogP contribution in [0.15, 0.2) is 115 Å². The summed E-state index contributed by atoms with van der Waals surface area (Å²) in [5.41, 5.74) is -0.728. The summed E-state index contributed by atoms with van der Waals surface area (Å²) in [6.45, 7) is 8.63. The van der Waals surface area contributed by atoms with Gasteiger partial charge in [0.05, 0.1) is 29.8 Å². The number of carbonyl (C=O) groups excluding carboxylic acids is 5. The molecule has 17 nitrogen and oxygen atoms in total. The van der Waals surface area contributed by atoms with E-state index in [0.717, 1.165) is 5.56 Å². The van der Waals surface area contributed by atoms with Gasteiger partial charge in [-0.25, -0.2) is 22.9 Å². The quantitative estimate of drug-likeness (QED) is 0.0876. The van der Waals surface area contributed by atoms with Crippen molar-refractivity contribution < 1.29 is 46.6 Å². The third-order valence-electron chi connectivity index (χ3n) is 10.7. The lowest BCUT2D eigenvalue weighted by Crippen LogP contribution is -2.59. The number of aromatic nitrogens is 1. The molecule has 344 valence electrons.